The number of ketones is 2. The van der Waals surface area contributed by atoms with E-state index in [-0.39, 0.29) is 69.9 Å². The van der Waals surface area contributed by atoms with E-state index in [2.05, 4.69) is 4.90 Å². The topological polar surface area (TPSA) is 288 Å². The summed E-state index contributed by atoms with van der Waals surface area (Å²) < 4.78 is 26.3. The molecule has 9 N–H and O–H groups in total. The summed E-state index contributed by atoms with van der Waals surface area (Å²) in [5.74, 6) is -0.849. The number of aliphatic hydroxyl groups excluding tert-OH is 6. The normalized spacial score (nSPS) is 18.8. The van der Waals surface area contributed by atoms with Crippen molar-refractivity contribution in [2.24, 2.45) is 5.73 Å². The van der Waals surface area contributed by atoms with Crippen LogP contribution in [-0.4, -0.2) is 202 Å². The highest BCUT2D eigenvalue weighted by Gasteiger charge is 2.38. The van der Waals surface area contributed by atoms with E-state index in [0.29, 0.717) is 39.0 Å². The van der Waals surface area contributed by atoms with Crippen molar-refractivity contribution in [2.75, 3.05) is 94.0 Å². The molecule has 20 nitrogen and oxygen atoms in total. The number of aliphatic carboxylic acids is 1. The van der Waals surface area contributed by atoms with Crippen LogP contribution in [0.5, 0.6) is 0 Å². The number of carbonyl (C=O) groups is 5. The maximum Gasteiger partial charge on any atom is 0.410 e. The average molecular weight is 1090 g/mol. The van der Waals surface area contributed by atoms with Gasteiger partial charge >= 0.3 is 18.2 Å². The maximum atomic E-state index is 12.8. The molecule has 3 fully saturated rings. The van der Waals surface area contributed by atoms with Gasteiger partial charge in [0, 0.05) is 69.2 Å². The van der Waals surface area contributed by atoms with Crippen LogP contribution in [0.3, 0.4) is 0 Å². The first-order chi connectivity index (χ1) is 36.9. The fourth-order valence-corrected chi connectivity index (χ4v) is 8.30. The van der Waals surface area contributed by atoms with E-state index in [4.69, 9.17) is 37.0 Å². The number of Topliss-reactive ketones (excluding diaryl/α,β-unsaturated/α-hetero) is 2. The predicted molar refractivity (Wildman–Crippen MR) is 294 cm³/mol. The van der Waals surface area contributed by atoms with Crippen molar-refractivity contribution in [3.05, 3.63) is 91.0 Å². The second-order valence-electron chi connectivity index (χ2n) is 20.6. The zero-order valence-electron chi connectivity index (χ0n) is 46.7. The fraction of sp³-hybridized carbons (Fsp3) is 0.589. The molecule has 3 aromatic rings. The molecule has 0 aromatic heterocycles. The van der Waals surface area contributed by atoms with Gasteiger partial charge in [-0.2, -0.15) is 0 Å². The maximum absolute atomic E-state index is 12.8. The van der Waals surface area contributed by atoms with Crippen LogP contribution in [0.2, 0.25) is 0 Å². The number of carboxylic acid groups (broad SMARTS) is 1. The number of alkyl halides is 1. The highest BCUT2D eigenvalue weighted by Crippen LogP contribution is 2.27. The molecule has 0 saturated carbocycles. The molecule has 3 aliphatic heterocycles. The lowest BCUT2D eigenvalue weighted by Gasteiger charge is -2.42. The van der Waals surface area contributed by atoms with Gasteiger partial charge in [-0.25, -0.2) is 14.4 Å². The van der Waals surface area contributed by atoms with E-state index in [1.807, 2.05) is 122 Å². The first-order valence-corrected chi connectivity index (χ1v) is 26.0. The number of carboxylic acids is 1. The minimum atomic E-state index is -1.00. The minimum absolute atomic E-state index is 0.0698. The molecule has 3 heterocycles. The van der Waals surface area contributed by atoms with Crippen LogP contribution in [0.15, 0.2) is 91.0 Å². The van der Waals surface area contributed by atoms with Gasteiger partial charge in [0.25, 0.3) is 0 Å². The molecule has 3 saturated heterocycles. The fourth-order valence-electron chi connectivity index (χ4n) is 8.30. The number of nitrogens with zero attached hydrogens (tertiary/aromatic N) is 5. The number of anilines is 3. The molecule has 2 amide bonds. The van der Waals surface area contributed by atoms with Gasteiger partial charge < -0.3 is 75.5 Å². The van der Waals surface area contributed by atoms with Crippen LogP contribution in [-0.2, 0) is 23.9 Å². The monoisotopic (exact) mass is 1090 g/mol. The zero-order valence-corrected chi connectivity index (χ0v) is 45.7. The van der Waals surface area contributed by atoms with Crippen LogP contribution in [0.4, 0.5) is 31.0 Å². The Bertz CT molecular complexity index is 2180. The molecule has 6 atom stereocenters. The van der Waals surface area contributed by atoms with E-state index < -0.39 is 66.9 Å². The van der Waals surface area contributed by atoms with Crippen LogP contribution in [0.1, 0.15) is 87.9 Å². The average Bonchev–Trinajstić information content (AvgIpc) is 3.43. The van der Waals surface area contributed by atoms with Gasteiger partial charge in [0.05, 0.1) is 65.8 Å². The number of piperidine rings is 1. The third-order valence-corrected chi connectivity index (χ3v) is 12.2. The van der Waals surface area contributed by atoms with Crippen LogP contribution < -0.4 is 20.4 Å². The highest BCUT2D eigenvalue weighted by molar-refractivity contribution is 5.89. The zero-order chi connectivity index (χ0) is 58.4. The number of halogens is 1. The Morgan fingerprint density at radius 2 is 0.935 bits per heavy atom. The first kappa shape index (κ1) is 65.3. The Morgan fingerprint density at radius 1 is 0.584 bits per heavy atom. The minimum Gasteiger partial charge on any atom is -0.480 e. The van der Waals surface area contributed by atoms with Crippen LogP contribution in [0.25, 0.3) is 0 Å². The number of ether oxygens (including phenoxy) is 2. The number of hydrogen-bond acceptors (Lipinski definition) is 17. The van der Waals surface area contributed by atoms with Crippen LogP contribution in [0, 0.1) is 0 Å². The molecule has 21 heteroatoms. The van der Waals surface area contributed by atoms with Crippen molar-refractivity contribution in [3.8, 4) is 0 Å². The van der Waals surface area contributed by atoms with Gasteiger partial charge in [-0.3, -0.25) is 14.0 Å². The largest absolute Gasteiger partial charge is 0.480 e. The summed E-state index contributed by atoms with van der Waals surface area (Å²) >= 11 is 0. The quantitative estimate of drug-likeness (QED) is 0.0969. The van der Waals surface area contributed by atoms with Crippen molar-refractivity contribution in [3.63, 3.8) is 0 Å². The second kappa shape index (κ2) is 34.7. The van der Waals surface area contributed by atoms with Gasteiger partial charge in [-0.15, -0.1) is 0 Å². The number of para-hydroxylation sites is 3. The van der Waals surface area contributed by atoms with Crippen molar-refractivity contribution >= 4 is 46.8 Å². The van der Waals surface area contributed by atoms with Crippen molar-refractivity contribution in [1.82, 2.24) is 9.80 Å². The molecule has 3 aliphatic rings. The molecule has 432 valence electrons. The summed E-state index contributed by atoms with van der Waals surface area (Å²) in [7, 11) is -1.00. The SMILES string of the molecule is CC(C)(C)OC(=O)N1CCN(c2ccccc2)C(C(=O)CCC(O)CO)C1.CC(C)(C)OC(=O)N1CCN(c2ccccc2)C(C(=O)O)C1.NCC(O)CO.O=C(CCC(O)CO)C1CCCCN1c1ccccc1.[2H]CF. The second-order valence-corrected chi connectivity index (χ2v) is 20.6. The van der Waals surface area contributed by atoms with Gasteiger partial charge in [-0.05, 0) is 110 Å². The number of carbonyl (C=O) groups excluding carboxylic acids is 4. The molecular formula is C56H87FN6O14. The summed E-state index contributed by atoms with van der Waals surface area (Å²) in [5.41, 5.74) is 6.54. The number of benzene rings is 3. The van der Waals surface area contributed by atoms with Gasteiger partial charge in [0.2, 0.25) is 0 Å². The van der Waals surface area contributed by atoms with E-state index in [1.165, 1.54) is 4.90 Å². The van der Waals surface area contributed by atoms with Gasteiger partial charge in [0.1, 0.15) is 23.3 Å². The lowest BCUT2D eigenvalue weighted by atomic mass is 9.94. The molecule has 0 radical (unpaired) electrons. The summed E-state index contributed by atoms with van der Waals surface area (Å²) in [5, 5.41) is 62.5. The molecule has 0 spiro atoms. The van der Waals surface area contributed by atoms with Gasteiger partial charge in [0.15, 0.2) is 11.6 Å². The first-order valence-electron chi connectivity index (χ1n) is 26.8. The summed E-state index contributed by atoms with van der Waals surface area (Å²) in [6.45, 7) is 13.2. The number of hydrogen-bond donors (Lipinski definition) is 8. The molecule has 77 heavy (non-hydrogen) atoms. The van der Waals surface area contributed by atoms with Crippen molar-refractivity contribution in [2.45, 2.75) is 134 Å². The molecule has 0 bridgehead atoms. The van der Waals surface area contributed by atoms with Gasteiger partial charge in [-0.1, -0.05) is 54.6 Å². The Kier molecular flexibility index (Phi) is 29.5. The Morgan fingerprint density at radius 3 is 1.27 bits per heavy atom. The summed E-state index contributed by atoms with van der Waals surface area (Å²) in [6.07, 6.45) is 0.740. The molecular weight excluding hydrogens is 1000 g/mol. The Hall–Kier alpha value is -5.94. The van der Waals surface area contributed by atoms with E-state index >= 15 is 0 Å². The lowest BCUT2D eigenvalue weighted by molar-refractivity contribution is -0.139. The number of rotatable bonds is 16. The third kappa shape index (κ3) is 24.5. The molecule has 6 unspecified atom stereocenters. The predicted octanol–water partition coefficient (Wildman–Crippen LogP) is 4.64. The van der Waals surface area contributed by atoms with Crippen molar-refractivity contribution < 1.29 is 75.0 Å². The third-order valence-electron chi connectivity index (χ3n) is 12.2. The summed E-state index contributed by atoms with van der Waals surface area (Å²) in [6, 6.07) is 27.6. The lowest BCUT2D eigenvalue weighted by Crippen LogP contribution is -2.58. The number of aliphatic hydroxyl groups is 6. The Labute approximate surface area is 455 Å². The van der Waals surface area contributed by atoms with E-state index in [1.54, 1.807) is 25.7 Å². The molecule has 3 aromatic carbocycles. The standard InChI is InChI=1S/C20H30N2O5.C16H22N2O4.C16H23NO3.C3H9NO2.CH3F/c1-20(2,3)27-19(26)21-11-12-22(15-7-5-4-6-8-15)17(13-21)18(25)10-9-16(24)14-23;1-16(2,3)22-15(21)17-9-10-18(13(11-17)14(19)20)12-7-5-4-6-8-12;18-12-14(19)9-10-16(20)15-8-4-5-11-17(15)13-6-2-1-3-7-13;4-1-3(6)2-5;1-2/h4-8,16-17,23-24H,9-14H2,1-3H3;4-8,13H,9-11H2,1-3H3,(H,19,20);1-3,6-7,14-15,18-19H,4-5,8-12H2;3,5-6H,1-2,4H2;1H3/i;;;;1D. The molecule has 0 aliphatic carbocycles. The summed E-state index contributed by atoms with van der Waals surface area (Å²) in [4.78, 5) is 70.3. The highest BCUT2D eigenvalue weighted by atomic mass is 19.1. The number of amides is 2. The number of nitrogens with two attached hydrogens (primary N) is 1. The van der Waals surface area contributed by atoms with E-state index in [9.17, 15) is 43.7 Å². The molecule has 6 rings (SSSR count). The number of piperazine rings is 2. The smallest absolute Gasteiger partial charge is 0.410 e. The Balaban J connectivity index is 0.000000373. The van der Waals surface area contributed by atoms with E-state index in [0.717, 1.165) is 42.9 Å². The van der Waals surface area contributed by atoms with Crippen molar-refractivity contribution in [1.29, 1.82) is 0 Å². The van der Waals surface area contributed by atoms with Crippen LogP contribution >= 0.6 is 0 Å².